The Bertz CT molecular complexity index is 38.1. The van der Waals surface area contributed by atoms with E-state index in [-0.39, 0.29) is 37.6 Å². The molecule has 0 spiro atoms. The second-order valence-corrected chi connectivity index (χ2v) is 1.44. The SMILES string of the molecule is CC(O)CO.COC.[H-].[Na+]. The van der Waals surface area contributed by atoms with Crippen molar-refractivity contribution < 1.29 is 45.9 Å². The van der Waals surface area contributed by atoms with Crippen LogP contribution in [-0.2, 0) is 4.74 Å². The van der Waals surface area contributed by atoms with Gasteiger partial charge in [0.25, 0.3) is 0 Å². The Morgan fingerprint density at radius 3 is 1.67 bits per heavy atom. The Balaban J connectivity index is -0.0000000326. The molecule has 0 bridgehead atoms. The van der Waals surface area contributed by atoms with Crippen molar-refractivity contribution in [3.63, 3.8) is 0 Å². The van der Waals surface area contributed by atoms with Gasteiger partial charge in [0.05, 0.1) is 12.7 Å². The summed E-state index contributed by atoms with van der Waals surface area (Å²) in [5.74, 6) is 0. The number of aliphatic hydroxyl groups is 2. The van der Waals surface area contributed by atoms with Gasteiger partial charge in [-0.05, 0) is 6.92 Å². The molecule has 0 aromatic rings. The maximum Gasteiger partial charge on any atom is 1.00 e. The summed E-state index contributed by atoms with van der Waals surface area (Å²) in [6.45, 7) is 1.39. The first-order chi connectivity index (χ1) is 3.68. The van der Waals surface area contributed by atoms with Crippen LogP contribution in [0.5, 0.6) is 0 Å². The van der Waals surface area contributed by atoms with Crippen LogP contribution in [0.15, 0.2) is 0 Å². The van der Waals surface area contributed by atoms with Crippen molar-refractivity contribution in [2.45, 2.75) is 13.0 Å². The Labute approximate surface area is 79.8 Å². The van der Waals surface area contributed by atoms with Gasteiger partial charge in [-0.1, -0.05) is 0 Å². The van der Waals surface area contributed by atoms with E-state index in [1.165, 1.54) is 6.92 Å². The molecule has 3 nitrogen and oxygen atoms in total. The molecule has 0 radical (unpaired) electrons. The summed E-state index contributed by atoms with van der Waals surface area (Å²) in [5, 5.41) is 16.0. The van der Waals surface area contributed by atoms with Crippen molar-refractivity contribution in [3.05, 3.63) is 0 Å². The minimum Gasteiger partial charge on any atom is -1.00 e. The molecule has 1 unspecified atom stereocenters. The molecule has 0 aromatic carbocycles. The van der Waals surface area contributed by atoms with E-state index in [0.717, 1.165) is 0 Å². The number of hydrogen-bond acceptors (Lipinski definition) is 3. The number of ether oxygens (including phenoxy) is 1. The first kappa shape index (κ1) is 16.5. The van der Waals surface area contributed by atoms with Gasteiger partial charge < -0.3 is 16.4 Å². The molecule has 0 aliphatic rings. The Morgan fingerprint density at radius 1 is 1.56 bits per heavy atom. The molecule has 9 heavy (non-hydrogen) atoms. The standard InChI is InChI=1S/C3H8O2.C2H6O.Na.H/c1-3(5)2-4;1-3-2;;/h3-5H,2H2,1H3;1-2H3;;/q;;+1;-1. The predicted octanol–water partition coefficient (Wildman–Crippen LogP) is -3.26. The van der Waals surface area contributed by atoms with Crippen LogP contribution in [0.3, 0.4) is 0 Å². The van der Waals surface area contributed by atoms with Crippen LogP contribution < -0.4 is 29.6 Å². The summed E-state index contributed by atoms with van der Waals surface area (Å²) in [6, 6.07) is 0. The number of hydrogen-bond donors (Lipinski definition) is 2. The van der Waals surface area contributed by atoms with Crippen LogP contribution in [0.4, 0.5) is 0 Å². The molecule has 0 heterocycles. The minimum absolute atomic E-state index is 0. The van der Waals surface area contributed by atoms with Gasteiger partial charge in [0, 0.05) is 14.2 Å². The zero-order valence-corrected chi connectivity index (χ0v) is 8.59. The number of aliphatic hydroxyl groups excluding tert-OH is 2. The van der Waals surface area contributed by atoms with Crippen LogP contribution in [-0.4, -0.2) is 37.1 Å². The molecule has 0 amide bonds. The van der Waals surface area contributed by atoms with Gasteiger partial charge >= 0.3 is 29.6 Å². The first-order valence-electron chi connectivity index (χ1n) is 2.38. The van der Waals surface area contributed by atoms with Gasteiger partial charge in [-0.25, -0.2) is 0 Å². The maximum atomic E-state index is 8.11. The summed E-state index contributed by atoms with van der Waals surface area (Å²) in [5.41, 5.74) is 0. The van der Waals surface area contributed by atoms with E-state index in [4.69, 9.17) is 10.2 Å². The largest absolute Gasteiger partial charge is 1.00 e. The monoisotopic (exact) mass is 146 g/mol. The molecule has 1 atom stereocenters. The molecular weight excluding hydrogens is 131 g/mol. The molecule has 0 aliphatic heterocycles. The summed E-state index contributed by atoms with van der Waals surface area (Å²) in [4.78, 5) is 0. The van der Waals surface area contributed by atoms with Crippen molar-refractivity contribution in [1.82, 2.24) is 0 Å². The topological polar surface area (TPSA) is 49.7 Å². The normalized spacial score (nSPS) is 10.3. The van der Waals surface area contributed by atoms with Crippen molar-refractivity contribution in [2.75, 3.05) is 20.8 Å². The van der Waals surface area contributed by atoms with Crippen molar-refractivity contribution >= 4 is 0 Å². The van der Waals surface area contributed by atoms with Gasteiger partial charge in [0.2, 0.25) is 0 Å². The van der Waals surface area contributed by atoms with Crippen molar-refractivity contribution in [3.8, 4) is 0 Å². The molecule has 0 aliphatic carbocycles. The van der Waals surface area contributed by atoms with Gasteiger partial charge in [-0.2, -0.15) is 0 Å². The number of rotatable bonds is 1. The second kappa shape index (κ2) is 15.9. The second-order valence-electron chi connectivity index (χ2n) is 1.44. The zero-order valence-electron chi connectivity index (χ0n) is 7.59. The fourth-order valence-electron chi connectivity index (χ4n) is 0. The van der Waals surface area contributed by atoms with E-state index < -0.39 is 6.10 Å². The molecule has 0 fully saturated rings. The van der Waals surface area contributed by atoms with E-state index >= 15 is 0 Å². The van der Waals surface area contributed by atoms with E-state index in [2.05, 4.69) is 4.74 Å². The van der Waals surface area contributed by atoms with Crippen molar-refractivity contribution in [1.29, 1.82) is 0 Å². The first-order valence-corrected chi connectivity index (χ1v) is 2.38. The van der Waals surface area contributed by atoms with Gasteiger partial charge in [0.1, 0.15) is 0 Å². The van der Waals surface area contributed by atoms with E-state index in [1.807, 2.05) is 0 Å². The van der Waals surface area contributed by atoms with Crippen LogP contribution in [0.25, 0.3) is 0 Å². The average Bonchev–Trinajstić information content (AvgIpc) is 1.69. The average molecular weight is 146 g/mol. The van der Waals surface area contributed by atoms with Gasteiger partial charge in [-0.3, -0.25) is 0 Å². The number of methoxy groups -OCH3 is 1. The van der Waals surface area contributed by atoms with E-state index in [9.17, 15) is 0 Å². The Kier molecular flexibility index (Phi) is 29.2. The van der Waals surface area contributed by atoms with Crippen LogP contribution in [0.1, 0.15) is 8.35 Å². The van der Waals surface area contributed by atoms with Gasteiger partial charge in [0.15, 0.2) is 0 Å². The Morgan fingerprint density at radius 2 is 1.67 bits per heavy atom. The predicted molar refractivity (Wildman–Crippen MR) is 32.8 cm³/mol. The van der Waals surface area contributed by atoms with Crippen LogP contribution in [0.2, 0.25) is 0 Å². The fourth-order valence-corrected chi connectivity index (χ4v) is 0. The van der Waals surface area contributed by atoms with Crippen molar-refractivity contribution in [2.24, 2.45) is 0 Å². The summed E-state index contributed by atoms with van der Waals surface area (Å²) >= 11 is 0. The molecule has 2 N–H and O–H groups in total. The minimum atomic E-state index is -0.560. The summed E-state index contributed by atoms with van der Waals surface area (Å²) in [6.07, 6.45) is -0.560. The molecule has 0 aromatic heterocycles. The molecule has 0 saturated heterocycles. The smallest absolute Gasteiger partial charge is 1.00 e. The maximum absolute atomic E-state index is 8.11. The van der Waals surface area contributed by atoms with E-state index in [0.29, 0.717) is 0 Å². The fraction of sp³-hybridized carbons (Fsp3) is 1.00. The summed E-state index contributed by atoms with van der Waals surface area (Å²) < 4.78 is 4.25. The van der Waals surface area contributed by atoms with Crippen LogP contribution >= 0.6 is 0 Å². The zero-order chi connectivity index (χ0) is 6.99. The molecular formula is C5H15NaO3. The molecule has 54 valence electrons. The van der Waals surface area contributed by atoms with Crippen LogP contribution in [0, 0.1) is 0 Å². The molecule has 0 saturated carbocycles. The summed E-state index contributed by atoms with van der Waals surface area (Å²) in [7, 11) is 3.25. The van der Waals surface area contributed by atoms with E-state index in [1.54, 1.807) is 14.2 Å². The van der Waals surface area contributed by atoms with Gasteiger partial charge in [-0.15, -0.1) is 0 Å². The third kappa shape index (κ3) is 50.7. The third-order valence-electron chi connectivity index (χ3n) is 0.264. The Hall–Kier alpha value is 0.880. The quantitative estimate of drug-likeness (QED) is 0.382. The third-order valence-corrected chi connectivity index (χ3v) is 0.264. The molecule has 0 rings (SSSR count). The molecule has 4 heteroatoms.